The first kappa shape index (κ1) is 29.1. The number of aryl methyl sites for hydroxylation is 1. The standard InChI is InChI=1S/C25H31FN6O7S/c1-13-9-14(5-6-16(13)26)11-27-21(34)18-19(33)23(36)32-12-25(30-40(4,38)39)8-7-15(20(32)29-18)17(10-25)28-22(35)24(37)31(2)3/h5-6,9,15,17,30,33H,7-8,10-12H2,1-4H3,(H,27,34)(H,28,35). The van der Waals surface area contributed by atoms with Gasteiger partial charge in [-0.2, -0.15) is 0 Å². The molecule has 0 saturated heterocycles. The van der Waals surface area contributed by atoms with Gasteiger partial charge in [0.2, 0.25) is 15.8 Å². The number of halogens is 1. The van der Waals surface area contributed by atoms with Crippen molar-refractivity contribution in [2.75, 3.05) is 20.4 Å². The van der Waals surface area contributed by atoms with E-state index < -0.39 is 68.1 Å². The zero-order chi connectivity index (χ0) is 29.6. The SMILES string of the molecule is Cc1cc(CNC(=O)c2nc3n(c(=O)c2O)CC2(NS(C)(=O)=O)CCC3C(NC(=O)C(=O)N(C)C)C2)ccc1F. The number of amides is 3. The van der Waals surface area contributed by atoms with Crippen molar-refractivity contribution in [1.82, 2.24) is 29.8 Å². The molecule has 0 radical (unpaired) electrons. The van der Waals surface area contributed by atoms with Gasteiger partial charge in [-0.1, -0.05) is 12.1 Å². The Morgan fingerprint density at radius 3 is 2.60 bits per heavy atom. The maximum absolute atomic E-state index is 13.6. The van der Waals surface area contributed by atoms with Crippen molar-refractivity contribution in [2.45, 2.75) is 56.8 Å². The van der Waals surface area contributed by atoms with E-state index in [0.717, 1.165) is 15.7 Å². The first-order chi connectivity index (χ1) is 18.6. The Morgan fingerprint density at radius 1 is 1.27 bits per heavy atom. The molecule has 2 aliphatic heterocycles. The van der Waals surface area contributed by atoms with Crippen molar-refractivity contribution < 1.29 is 32.3 Å². The molecule has 13 nitrogen and oxygen atoms in total. The number of hydrogen-bond acceptors (Lipinski definition) is 8. The van der Waals surface area contributed by atoms with Crippen molar-refractivity contribution in [3.05, 3.63) is 57.0 Å². The predicted octanol–water partition coefficient (Wildman–Crippen LogP) is -0.531. The largest absolute Gasteiger partial charge is 0.501 e. The van der Waals surface area contributed by atoms with Crippen LogP contribution in [-0.4, -0.2) is 77.6 Å². The van der Waals surface area contributed by atoms with Crippen LogP contribution in [-0.2, 0) is 32.7 Å². The molecule has 1 aromatic carbocycles. The molecule has 3 unspecified atom stereocenters. The molecule has 1 fully saturated rings. The first-order valence-corrected chi connectivity index (χ1v) is 14.4. The molecule has 0 spiro atoms. The number of benzene rings is 1. The van der Waals surface area contributed by atoms with Gasteiger partial charge >= 0.3 is 11.8 Å². The van der Waals surface area contributed by atoms with E-state index in [1.807, 2.05) is 0 Å². The highest BCUT2D eigenvalue weighted by Gasteiger charge is 2.49. The average Bonchev–Trinajstić information content (AvgIpc) is 3.09. The summed E-state index contributed by atoms with van der Waals surface area (Å²) in [5.41, 5.74) is -1.75. The number of hydrogen-bond donors (Lipinski definition) is 4. The first-order valence-electron chi connectivity index (χ1n) is 12.5. The molecule has 1 aliphatic carbocycles. The second-order valence-corrected chi connectivity index (χ2v) is 12.4. The van der Waals surface area contributed by atoms with Crippen LogP contribution < -0.4 is 20.9 Å². The van der Waals surface area contributed by atoms with E-state index in [1.165, 1.54) is 26.2 Å². The molecule has 3 amide bonds. The molecule has 216 valence electrons. The zero-order valence-electron chi connectivity index (χ0n) is 22.4. The van der Waals surface area contributed by atoms with Crippen LogP contribution in [0.25, 0.3) is 0 Å². The lowest BCUT2D eigenvalue weighted by Gasteiger charge is -2.41. The van der Waals surface area contributed by atoms with Gasteiger partial charge in [0.15, 0.2) is 5.69 Å². The Labute approximate surface area is 229 Å². The second kappa shape index (κ2) is 10.6. The van der Waals surface area contributed by atoms with Crippen LogP contribution in [0.2, 0.25) is 0 Å². The Kier molecular flexibility index (Phi) is 7.73. The summed E-state index contributed by atoms with van der Waals surface area (Å²) >= 11 is 0. The molecule has 1 aromatic heterocycles. The van der Waals surface area contributed by atoms with Crippen LogP contribution in [0.3, 0.4) is 0 Å². The summed E-state index contributed by atoms with van der Waals surface area (Å²) in [6.45, 7) is 1.33. The molecule has 3 aliphatic rings. The zero-order valence-corrected chi connectivity index (χ0v) is 23.3. The highest BCUT2D eigenvalue weighted by atomic mass is 32.2. The average molecular weight is 579 g/mol. The van der Waals surface area contributed by atoms with Crippen LogP contribution in [0.15, 0.2) is 23.0 Å². The Bertz CT molecular complexity index is 1560. The molecular weight excluding hydrogens is 547 g/mol. The fraction of sp³-hybridized carbons (Fsp3) is 0.480. The minimum absolute atomic E-state index is 0.0321. The summed E-state index contributed by atoms with van der Waals surface area (Å²) in [6.07, 6.45) is 1.54. The summed E-state index contributed by atoms with van der Waals surface area (Å²) in [5, 5.41) is 15.9. The summed E-state index contributed by atoms with van der Waals surface area (Å²) in [4.78, 5) is 56.7. The third kappa shape index (κ3) is 5.84. The van der Waals surface area contributed by atoms with E-state index in [2.05, 4.69) is 20.3 Å². The summed E-state index contributed by atoms with van der Waals surface area (Å²) in [6, 6.07) is 3.47. The van der Waals surface area contributed by atoms with Crippen LogP contribution in [0.5, 0.6) is 5.75 Å². The third-order valence-electron chi connectivity index (χ3n) is 7.21. The van der Waals surface area contributed by atoms with Gasteiger partial charge < -0.3 is 20.6 Å². The third-order valence-corrected chi connectivity index (χ3v) is 8.01. The van der Waals surface area contributed by atoms with Crippen LogP contribution >= 0.6 is 0 Å². The second-order valence-electron chi connectivity index (χ2n) is 10.6. The number of rotatable bonds is 6. The van der Waals surface area contributed by atoms with Gasteiger partial charge in [0, 0.05) is 39.1 Å². The van der Waals surface area contributed by atoms with Gasteiger partial charge in [0.25, 0.3) is 11.5 Å². The van der Waals surface area contributed by atoms with Gasteiger partial charge in [-0.05, 0) is 43.4 Å². The van der Waals surface area contributed by atoms with Crippen LogP contribution in [0, 0.1) is 12.7 Å². The number of carbonyl (C=O) groups is 3. The van der Waals surface area contributed by atoms with E-state index in [4.69, 9.17) is 0 Å². The number of sulfonamides is 1. The smallest absolute Gasteiger partial charge is 0.311 e. The fourth-order valence-corrected chi connectivity index (χ4v) is 6.43. The molecule has 15 heteroatoms. The lowest BCUT2D eigenvalue weighted by Crippen LogP contribution is -2.58. The van der Waals surface area contributed by atoms with Crippen molar-refractivity contribution in [1.29, 1.82) is 0 Å². The summed E-state index contributed by atoms with van der Waals surface area (Å²) < 4.78 is 41.8. The lowest BCUT2D eigenvalue weighted by atomic mass is 9.75. The van der Waals surface area contributed by atoms with Gasteiger partial charge in [-0.15, -0.1) is 0 Å². The van der Waals surface area contributed by atoms with Crippen LogP contribution in [0.1, 0.15) is 52.6 Å². The maximum atomic E-state index is 13.6. The number of carbonyl (C=O) groups excluding carboxylic acids is 3. The molecular formula is C25H31FN6O7S. The minimum atomic E-state index is -3.78. The fourth-order valence-electron chi connectivity index (χ4n) is 5.39. The number of fused-ring (bicyclic) bond motifs is 2. The number of likely N-dealkylation sites (N-methyl/N-ethyl adjacent to an activating group) is 1. The number of nitrogens with zero attached hydrogens (tertiary/aromatic N) is 3. The molecule has 1 saturated carbocycles. The minimum Gasteiger partial charge on any atom is -0.501 e. The van der Waals surface area contributed by atoms with Gasteiger partial charge in [-0.25, -0.2) is 22.5 Å². The van der Waals surface area contributed by atoms with Crippen molar-refractivity contribution in [3.8, 4) is 5.75 Å². The quantitative estimate of drug-likeness (QED) is 0.330. The van der Waals surface area contributed by atoms with E-state index in [1.54, 1.807) is 13.0 Å². The monoisotopic (exact) mass is 578 g/mol. The van der Waals surface area contributed by atoms with E-state index in [0.29, 0.717) is 11.1 Å². The van der Waals surface area contributed by atoms with Crippen molar-refractivity contribution >= 4 is 27.7 Å². The van der Waals surface area contributed by atoms with Gasteiger partial charge in [0.1, 0.15) is 11.6 Å². The molecule has 3 atom stereocenters. The highest BCUT2D eigenvalue weighted by Crippen LogP contribution is 2.42. The molecule has 2 bridgehead atoms. The number of aromatic hydroxyl groups is 1. The summed E-state index contributed by atoms with van der Waals surface area (Å²) in [5.74, 6) is -4.52. The Balaban J connectivity index is 1.73. The molecule has 5 rings (SSSR count). The Hall–Kier alpha value is -3.85. The van der Waals surface area contributed by atoms with E-state index >= 15 is 0 Å². The lowest BCUT2D eigenvalue weighted by molar-refractivity contribution is -0.144. The Morgan fingerprint density at radius 2 is 1.98 bits per heavy atom. The predicted molar refractivity (Wildman–Crippen MR) is 140 cm³/mol. The number of nitrogens with one attached hydrogen (secondary N) is 3. The molecule has 3 heterocycles. The highest BCUT2D eigenvalue weighted by molar-refractivity contribution is 7.88. The normalized spacial score (nSPS) is 21.7. The van der Waals surface area contributed by atoms with Crippen LogP contribution in [0.4, 0.5) is 4.39 Å². The number of aromatic nitrogens is 2. The molecule has 4 N–H and O–H groups in total. The molecule has 40 heavy (non-hydrogen) atoms. The van der Waals surface area contributed by atoms with E-state index in [9.17, 15) is 37.1 Å². The van der Waals surface area contributed by atoms with E-state index in [-0.39, 0.29) is 38.2 Å². The molecule has 2 aromatic rings. The maximum Gasteiger partial charge on any atom is 0.311 e. The van der Waals surface area contributed by atoms with Crippen molar-refractivity contribution in [2.24, 2.45) is 0 Å². The van der Waals surface area contributed by atoms with Gasteiger partial charge in [-0.3, -0.25) is 23.7 Å². The summed E-state index contributed by atoms with van der Waals surface area (Å²) in [7, 11) is -0.962. The van der Waals surface area contributed by atoms with Gasteiger partial charge in [0.05, 0.1) is 11.8 Å². The van der Waals surface area contributed by atoms with Crippen molar-refractivity contribution in [3.63, 3.8) is 0 Å². The topological polar surface area (TPSA) is 180 Å².